The number of aryl methyl sites for hydroxylation is 1. The van der Waals surface area contributed by atoms with Crippen LogP contribution in [0.2, 0.25) is 10.0 Å². The molecule has 6 rings (SSSR count). The Kier molecular flexibility index (Phi) is 6.70. The molecule has 0 spiro atoms. The standard InChI is InChI=1S/C33H26Cl2O4/c1-18-9-8-15-24(31(18)35)28-29(32(36)37)27(23-14-6-7-16-26(23)34)30(28)33(38)39-17-25-21-12-4-2-10-19(21)20-11-3-5-13-22(20)25/h2-16,25,27-30H,17H2,1H3,(H,36,37)/t27-,28-,29-,30-/m0/s1. The number of ether oxygens (including phenoxy) is 1. The van der Waals surface area contributed by atoms with Crippen molar-refractivity contribution in [1.82, 2.24) is 0 Å². The van der Waals surface area contributed by atoms with Gasteiger partial charge in [0.05, 0.1) is 11.8 Å². The second-order valence-corrected chi connectivity index (χ2v) is 11.1. The molecule has 1 saturated carbocycles. The predicted molar refractivity (Wildman–Crippen MR) is 152 cm³/mol. The number of carbonyl (C=O) groups is 2. The molecule has 0 amide bonds. The van der Waals surface area contributed by atoms with E-state index in [4.69, 9.17) is 27.9 Å². The summed E-state index contributed by atoms with van der Waals surface area (Å²) in [5.41, 5.74) is 6.61. The van der Waals surface area contributed by atoms with Gasteiger partial charge in [0.15, 0.2) is 0 Å². The number of hydrogen-bond donors (Lipinski definition) is 1. The lowest BCUT2D eigenvalue weighted by molar-refractivity contribution is -0.164. The summed E-state index contributed by atoms with van der Waals surface area (Å²) in [6, 6.07) is 28.9. The highest BCUT2D eigenvalue weighted by atomic mass is 35.5. The van der Waals surface area contributed by atoms with Crippen molar-refractivity contribution in [2.24, 2.45) is 11.8 Å². The first-order valence-corrected chi connectivity index (χ1v) is 13.7. The highest BCUT2D eigenvalue weighted by Crippen LogP contribution is 2.60. The van der Waals surface area contributed by atoms with Crippen molar-refractivity contribution >= 4 is 35.1 Å². The summed E-state index contributed by atoms with van der Waals surface area (Å²) in [6.45, 7) is 2.03. The van der Waals surface area contributed by atoms with Gasteiger partial charge in [-0.05, 0) is 51.9 Å². The molecule has 0 aromatic heterocycles. The summed E-state index contributed by atoms with van der Waals surface area (Å²) in [4.78, 5) is 26.6. The summed E-state index contributed by atoms with van der Waals surface area (Å²) in [7, 11) is 0. The Bertz CT molecular complexity index is 1550. The highest BCUT2D eigenvalue weighted by molar-refractivity contribution is 6.32. The molecule has 39 heavy (non-hydrogen) atoms. The lowest BCUT2D eigenvalue weighted by Gasteiger charge is -2.49. The quantitative estimate of drug-likeness (QED) is 0.245. The molecule has 0 aliphatic heterocycles. The molecule has 4 atom stereocenters. The van der Waals surface area contributed by atoms with E-state index in [2.05, 4.69) is 24.3 Å². The normalized spacial score (nSPS) is 21.5. The average Bonchev–Trinajstić information content (AvgIpc) is 3.24. The molecule has 0 radical (unpaired) electrons. The van der Waals surface area contributed by atoms with Crippen molar-refractivity contribution in [2.45, 2.75) is 24.7 Å². The Labute approximate surface area is 237 Å². The van der Waals surface area contributed by atoms with Crippen LogP contribution in [-0.2, 0) is 14.3 Å². The molecular weight excluding hydrogens is 531 g/mol. The molecular formula is C33H26Cl2O4. The molecule has 6 heteroatoms. The number of carboxylic acids is 1. The van der Waals surface area contributed by atoms with Crippen LogP contribution in [0.1, 0.15) is 45.6 Å². The van der Waals surface area contributed by atoms with Crippen LogP contribution in [0, 0.1) is 18.8 Å². The molecule has 0 bridgehead atoms. The van der Waals surface area contributed by atoms with Gasteiger partial charge in [-0.1, -0.05) is 108 Å². The highest BCUT2D eigenvalue weighted by Gasteiger charge is 2.60. The van der Waals surface area contributed by atoms with Crippen LogP contribution in [0.25, 0.3) is 11.1 Å². The van der Waals surface area contributed by atoms with Crippen molar-refractivity contribution in [3.8, 4) is 11.1 Å². The number of halogens is 2. The zero-order valence-electron chi connectivity index (χ0n) is 21.2. The minimum atomic E-state index is -0.995. The molecule has 196 valence electrons. The second kappa shape index (κ2) is 10.2. The van der Waals surface area contributed by atoms with Gasteiger partial charge in [0.2, 0.25) is 0 Å². The van der Waals surface area contributed by atoms with Crippen LogP contribution < -0.4 is 0 Å². The van der Waals surface area contributed by atoms with Gasteiger partial charge < -0.3 is 9.84 Å². The first kappa shape index (κ1) is 25.7. The summed E-state index contributed by atoms with van der Waals surface area (Å²) in [6.07, 6.45) is 0. The maximum atomic E-state index is 13.9. The molecule has 0 saturated heterocycles. The fourth-order valence-corrected chi connectivity index (χ4v) is 7.01. The van der Waals surface area contributed by atoms with Crippen LogP contribution in [0.15, 0.2) is 91.0 Å². The van der Waals surface area contributed by atoms with Crippen LogP contribution in [0.3, 0.4) is 0 Å². The van der Waals surface area contributed by atoms with E-state index in [1.165, 1.54) is 0 Å². The minimum Gasteiger partial charge on any atom is -0.481 e. The molecule has 0 heterocycles. The van der Waals surface area contributed by atoms with Crippen molar-refractivity contribution in [2.75, 3.05) is 6.61 Å². The Hall–Kier alpha value is -3.60. The Morgan fingerprint density at radius 1 is 0.718 bits per heavy atom. The average molecular weight is 557 g/mol. The number of fused-ring (bicyclic) bond motifs is 3. The molecule has 2 aliphatic carbocycles. The number of benzene rings is 4. The van der Waals surface area contributed by atoms with Gasteiger partial charge >= 0.3 is 11.9 Å². The molecule has 4 aromatic rings. The van der Waals surface area contributed by atoms with E-state index in [9.17, 15) is 14.7 Å². The first-order chi connectivity index (χ1) is 18.9. The van der Waals surface area contributed by atoms with Gasteiger partial charge in [-0.3, -0.25) is 9.59 Å². The van der Waals surface area contributed by atoms with Crippen LogP contribution >= 0.6 is 23.2 Å². The van der Waals surface area contributed by atoms with Crippen LogP contribution in [0.5, 0.6) is 0 Å². The van der Waals surface area contributed by atoms with Gasteiger partial charge in [0.1, 0.15) is 6.61 Å². The third-order valence-corrected chi connectivity index (χ3v) is 9.17. The molecule has 0 unspecified atom stereocenters. The van der Waals surface area contributed by atoms with E-state index < -0.39 is 35.6 Å². The number of carboxylic acid groups (broad SMARTS) is 1. The predicted octanol–water partition coefficient (Wildman–Crippen LogP) is 7.86. The lowest BCUT2D eigenvalue weighted by atomic mass is 9.52. The number of rotatable bonds is 6. The molecule has 2 aliphatic rings. The SMILES string of the molecule is Cc1cccc([C@H]2[C@@H](C(=O)O)[C@H](c3ccccc3Cl)[C@@H]2C(=O)OCC2c3ccccc3-c3ccccc32)c1Cl. The Balaban J connectivity index is 1.37. The minimum absolute atomic E-state index is 0.100. The van der Waals surface area contributed by atoms with E-state index in [-0.39, 0.29) is 12.5 Å². The monoisotopic (exact) mass is 556 g/mol. The van der Waals surface area contributed by atoms with E-state index in [1.54, 1.807) is 18.2 Å². The van der Waals surface area contributed by atoms with E-state index in [0.29, 0.717) is 21.2 Å². The maximum Gasteiger partial charge on any atom is 0.310 e. The molecule has 1 fully saturated rings. The topological polar surface area (TPSA) is 63.6 Å². The van der Waals surface area contributed by atoms with Crippen LogP contribution in [0.4, 0.5) is 0 Å². The van der Waals surface area contributed by atoms with E-state index in [1.807, 2.05) is 55.5 Å². The third-order valence-electron chi connectivity index (χ3n) is 8.30. The number of hydrogen-bond acceptors (Lipinski definition) is 3. The van der Waals surface area contributed by atoms with Gasteiger partial charge in [0.25, 0.3) is 0 Å². The first-order valence-electron chi connectivity index (χ1n) is 13.0. The number of esters is 1. The van der Waals surface area contributed by atoms with Crippen molar-refractivity contribution in [1.29, 1.82) is 0 Å². The molecule has 1 N–H and O–H groups in total. The van der Waals surface area contributed by atoms with Crippen molar-refractivity contribution in [3.05, 3.63) is 129 Å². The maximum absolute atomic E-state index is 13.9. The van der Waals surface area contributed by atoms with Gasteiger partial charge in [-0.2, -0.15) is 0 Å². The summed E-state index contributed by atoms with van der Waals surface area (Å²) >= 11 is 13.2. The lowest BCUT2D eigenvalue weighted by Crippen LogP contribution is -2.51. The number of aliphatic carboxylic acids is 1. The summed E-state index contributed by atoms with van der Waals surface area (Å²) in [5.74, 6) is -4.46. The van der Waals surface area contributed by atoms with Gasteiger partial charge in [-0.25, -0.2) is 0 Å². The van der Waals surface area contributed by atoms with E-state index >= 15 is 0 Å². The third kappa shape index (κ3) is 4.23. The number of carbonyl (C=O) groups excluding carboxylic acids is 1. The second-order valence-electron chi connectivity index (χ2n) is 10.3. The van der Waals surface area contributed by atoms with Crippen molar-refractivity contribution < 1.29 is 19.4 Å². The zero-order chi connectivity index (χ0) is 27.3. The fraction of sp³-hybridized carbons (Fsp3) is 0.212. The fourth-order valence-electron chi connectivity index (χ4n) is 6.50. The largest absolute Gasteiger partial charge is 0.481 e. The van der Waals surface area contributed by atoms with E-state index in [0.717, 1.165) is 27.8 Å². The Morgan fingerprint density at radius 2 is 1.26 bits per heavy atom. The van der Waals surface area contributed by atoms with Gasteiger partial charge in [0, 0.05) is 27.8 Å². The summed E-state index contributed by atoms with van der Waals surface area (Å²) < 4.78 is 6.07. The summed E-state index contributed by atoms with van der Waals surface area (Å²) in [5, 5.41) is 11.2. The van der Waals surface area contributed by atoms with Gasteiger partial charge in [-0.15, -0.1) is 0 Å². The Morgan fingerprint density at radius 3 is 1.87 bits per heavy atom. The van der Waals surface area contributed by atoms with Crippen molar-refractivity contribution in [3.63, 3.8) is 0 Å². The zero-order valence-corrected chi connectivity index (χ0v) is 22.7. The van der Waals surface area contributed by atoms with Crippen LogP contribution in [-0.4, -0.2) is 23.7 Å². The molecule has 4 nitrogen and oxygen atoms in total. The smallest absolute Gasteiger partial charge is 0.310 e. The molecule has 4 aromatic carbocycles.